The van der Waals surface area contributed by atoms with Crippen LogP contribution in [0.4, 0.5) is 5.69 Å². The minimum absolute atomic E-state index is 0.0708. The van der Waals surface area contributed by atoms with Crippen molar-refractivity contribution in [3.05, 3.63) is 100 Å². The Morgan fingerprint density at radius 1 is 0.889 bits per heavy atom. The lowest BCUT2D eigenvalue weighted by molar-refractivity contribution is 0.0955. The highest BCUT2D eigenvalue weighted by atomic mass is 32.2. The van der Waals surface area contributed by atoms with Crippen molar-refractivity contribution in [3.63, 3.8) is 0 Å². The Labute approximate surface area is 215 Å². The summed E-state index contributed by atoms with van der Waals surface area (Å²) in [5.41, 5.74) is 9.50. The lowest BCUT2D eigenvalue weighted by Gasteiger charge is -2.23. The molecule has 0 aromatic heterocycles. The number of aryl methyl sites for hydroxylation is 2. The molecule has 190 valence electrons. The van der Waals surface area contributed by atoms with Gasteiger partial charge in [0, 0.05) is 5.56 Å². The number of carbonyl (C=O) groups is 1. The molecule has 3 aromatic carbocycles. The lowest BCUT2D eigenvalue weighted by atomic mass is 9.86. The van der Waals surface area contributed by atoms with Gasteiger partial charge in [-0.15, -0.1) is 0 Å². The Hall–Kier alpha value is -3.45. The highest BCUT2D eigenvalue weighted by Crippen LogP contribution is 2.24. The predicted molar refractivity (Wildman–Crippen MR) is 148 cm³/mol. The van der Waals surface area contributed by atoms with Gasteiger partial charge in [-0.05, 0) is 78.3 Å². The first kappa shape index (κ1) is 27.1. The second-order valence-corrected chi connectivity index (χ2v) is 12.1. The number of amides is 1. The lowest BCUT2D eigenvalue weighted by Crippen LogP contribution is -2.29. The molecule has 3 aromatic rings. The monoisotopic (exact) mass is 505 g/mol. The van der Waals surface area contributed by atoms with Gasteiger partial charge in [-0.1, -0.05) is 63.2 Å². The van der Waals surface area contributed by atoms with E-state index in [9.17, 15) is 13.2 Å². The summed E-state index contributed by atoms with van der Waals surface area (Å²) in [5.74, 6) is -0.332. The van der Waals surface area contributed by atoms with E-state index in [0.29, 0.717) is 17.0 Å². The van der Waals surface area contributed by atoms with Crippen LogP contribution in [0.15, 0.2) is 71.8 Å². The first-order valence-corrected chi connectivity index (χ1v) is 13.7. The number of hydrogen-bond donors (Lipinski definition) is 1. The first-order valence-electron chi connectivity index (χ1n) is 11.8. The third-order valence-corrected chi connectivity index (χ3v) is 7.36. The topological polar surface area (TPSA) is 78.8 Å². The van der Waals surface area contributed by atoms with Crippen molar-refractivity contribution in [3.8, 4) is 0 Å². The first-order chi connectivity index (χ1) is 16.8. The molecule has 0 radical (unpaired) electrons. The van der Waals surface area contributed by atoms with E-state index in [1.54, 1.807) is 24.3 Å². The highest BCUT2D eigenvalue weighted by Gasteiger charge is 2.19. The van der Waals surface area contributed by atoms with Gasteiger partial charge in [0.25, 0.3) is 5.91 Å². The third kappa shape index (κ3) is 6.82. The fraction of sp³-hybridized carbons (Fsp3) is 0.310. The second-order valence-electron chi connectivity index (χ2n) is 10.2. The molecule has 1 amide bonds. The largest absolute Gasteiger partial charge is 0.271 e. The molecular weight excluding hydrogens is 470 g/mol. The third-order valence-electron chi connectivity index (χ3n) is 6.21. The smallest absolute Gasteiger partial charge is 0.267 e. The van der Waals surface area contributed by atoms with Gasteiger partial charge in [0.05, 0.1) is 24.2 Å². The van der Waals surface area contributed by atoms with E-state index in [1.807, 2.05) is 51.1 Å². The molecule has 0 fully saturated rings. The fourth-order valence-corrected chi connectivity index (χ4v) is 4.56. The Morgan fingerprint density at radius 2 is 1.47 bits per heavy atom. The zero-order chi connectivity index (χ0) is 26.7. The Morgan fingerprint density at radius 3 is 2.00 bits per heavy atom. The minimum atomic E-state index is -3.49. The van der Waals surface area contributed by atoms with Crippen LogP contribution in [-0.4, -0.2) is 26.3 Å². The predicted octanol–water partition coefficient (Wildman–Crippen LogP) is 5.72. The van der Waals surface area contributed by atoms with E-state index in [2.05, 4.69) is 43.4 Å². The SMILES string of the molecule is C/C(=N\NC(=O)c1ccc(CN(c2ccc(C)c(C)c2)S(C)(=O)=O)cc1)c1ccc(C(C)(C)C)cc1. The molecule has 1 N–H and O–H groups in total. The molecule has 6 nitrogen and oxygen atoms in total. The van der Waals surface area contributed by atoms with Gasteiger partial charge in [-0.25, -0.2) is 13.8 Å². The molecule has 0 heterocycles. The molecule has 0 aliphatic carbocycles. The summed E-state index contributed by atoms with van der Waals surface area (Å²) in [6, 6.07) is 20.6. The van der Waals surface area contributed by atoms with Gasteiger partial charge in [-0.3, -0.25) is 9.10 Å². The molecule has 0 aliphatic rings. The molecule has 0 atom stereocenters. The van der Waals surface area contributed by atoms with Crippen LogP contribution < -0.4 is 9.73 Å². The van der Waals surface area contributed by atoms with Gasteiger partial charge in [0.2, 0.25) is 10.0 Å². The van der Waals surface area contributed by atoms with Crippen molar-refractivity contribution >= 4 is 27.3 Å². The summed E-state index contributed by atoms with van der Waals surface area (Å²) in [5, 5.41) is 4.25. The van der Waals surface area contributed by atoms with E-state index in [4.69, 9.17) is 0 Å². The number of nitrogens with zero attached hydrogens (tertiary/aromatic N) is 2. The van der Waals surface area contributed by atoms with E-state index < -0.39 is 10.0 Å². The molecule has 0 saturated heterocycles. The standard InChI is InChI=1S/C29H35N3O3S/c1-20-8-17-27(18-21(20)2)32(36(7,34)35)19-23-9-11-25(12-10-23)28(33)31-30-22(3)24-13-15-26(16-14-24)29(4,5)6/h8-18H,19H2,1-7H3,(H,31,33)/b30-22+. The van der Waals surface area contributed by atoms with Gasteiger partial charge in [0.15, 0.2) is 0 Å². The summed E-state index contributed by atoms with van der Waals surface area (Å²) >= 11 is 0. The van der Waals surface area contributed by atoms with E-state index >= 15 is 0 Å². The number of anilines is 1. The van der Waals surface area contributed by atoms with Crippen LogP contribution in [-0.2, 0) is 22.0 Å². The summed E-state index contributed by atoms with van der Waals surface area (Å²) < 4.78 is 26.3. The summed E-state index contributed by atoms with van der Waals surface area (Å²) in [7, 11) is -3.49. The molecule has 0 bridgehead atoms. The average Bonchev–Trinajstić information content (AvgIpc) is 2.82. The average molecular weight is 506 g/mol. The summed E-state index contributed by atoms with van der Waals surface area (Å²) in [6.07, 6.45) is 1.20. The Kier molecular flexibility index (Phi) is 8.04. The van der Waals surface area contributed by atoms with Crippen LogP contribution in [0.2, 0.25) is 0 Å². The van der Waals surface area contributed by atoms with E-state index in [0.717, 1.165) is 22.3 Å². The quantitative estimate of drug-likeness (QED) is 0.329. The molecule has 7 heteroatoms. The maximum atomic E-state index is 12.6. The highest BCUT2D eigenvalue weighted by molar-refractivity contribution is 7.92. The van der Waals surface area contributed by atoms with Gasteiger partial charge in [0.1, 0.15) is 0 Å². The van der Waals surface area contributed by atoms with Gasteiger partial charge >= 0.3 is 0 Å². The number of hydrogen-bond acceptors (Lipinski definition) is 4. The molecule has 0 aliphatic heterocycles. The van der Waals surface area contributed by atoms with Crippen LogP contribution in [0.1, 0.15) is 65.9 Å². The molecular formula is C29H35N3O3S. The van der Waals surface area contributed by atoms with E-state index in [1.165, 1.54) is 16.1 Å². The molecule has 0 unspecified atom stereocenters. The zero-order valence-electron chi connectivity index (χ0n) is 22.1. The molecule has 0 saturated carbocycles. The van der Waals surface area contributed by atoms with Crippen molar-refractivity contribution in [1.29, 1.82) is 0 Å². The summed E-state index contributed by atoms with van der Waals surface area (Å²) in [4.78, 5) is 12.6. The van der Waals surface area contributed by atoms with Crippen molar-refractivity contribution in [2.24, 2.45) is 5.10 Å². The number of benzene rings is 3. The van der Waals surface area contributed by atoms with Crippen LogP contribution in [0.5, 0.6) is 0 Å². The van der Waals surface area contributed by atoms with Crippen LogP contribution in [0.25, 0.3) is 0 Å². The molecule has 0 spiro atoms. The second kappa shape index (κ2) is 10.7. The van der Waals surface area contributed by atoms with Crippen LogP contribution >= 0.6 is 0 Å². The molecule has 3 rings (SSSR count). The maximum absolute atomic E-state index is 12.6. The molecule has 36 heavy (non-hydrogen) atoms. The maximum Gasteiger partial charge on any atom is 0.271 e. The van der Waals surface area contributed by atoms with Crippen molar-refractivity contribution in [2.45, 2.75) is 53.5 Å². The van der Waals surface area contributed by atoms with Crippen molar-refractivity contribution in [2.75, 3.05) is 10.6 Å². The fourth-order valence-electron chi connectivity index (χ4n) is 3.68. The number of sulfonamides is 1. The van der Waals surface area contributed by atoms with Crippen LogP contribution in [0, 0.1) is 13.8 Å². The zero-order valence-corrected chi connectivity index (χ0v) is 22.9. The Balaban J connectivity index is 1.70. The normalized spacial score (nSPS) is 12.4. The Bertz CT molecular complexity index is 1370. The summed E-state index contributed by atoms with van der Waals surface area (Å²) in [6.45, 7) is 12.5. The van der Waals surface area contributed by atoms with Crippen LogP contribution in [0.3, 0.4) is 0 Å². The van der Waals surface area contributed by atoms with E-state index in [-0.39, 0.29) is 17.9 Å². The number of nitrogens with one attached hydrogen (secondary N) is 1. The number of rotatable bonds is 7. The number of carbonyl (C=O) groups excluding carboxylic acids is 1. The number of hydrazone groups is 1. The van der Waals surface area contributed by atoms with Gasteiger partial charge in [-0.2, -0.15) is 5.10 Å². The van der Waals surface area contributed by atoms with Crippen molar-refractivity contribution in [1.82, 2.24) is 5.43 Å². The van der Waals surface area contributed by atoms with Crippen molar-refractivity contribution < 1.29 is 13.2 Å². The minimum Gasteiger partial charge on any atom is -0.267 e. The van der Waals surface area contributed by atoms with Gasteiger partial charge < -0.3 is 0 Å².